The van der Waals surface area contributed by atoms with Crippen LogP contribution in [-0.2, 0) is 0 Å². The number of nitrogens with one attached hydrogen (secondary N) is 2. The van der Waals surface area contributed by atoms with Crippen LogP contribution in [0.3, 0.4) is 0 Å². The van der Waals surface area contributed by atoms with Gasteiger partial charge in [0, 0.05) is 45.0 Å². The molecule has 2 rings (SSSR count). The Morgan fingerprint density at radius 1 is 1.27 bits per heavy atom. The monoisotopic (exact) mass is 480 g/mol. The highest BCUT2D eigenvalue weighted by Crippen LogP contribution is 2.24. The van der Waals surface area contributed by atoms with Gasteiger partial charge in [0.05, 0.1) is 0 Å². The Hall–Kier alpha value is -1.12. The zero-order valence-electron chi connectivity index (χ0n) is 15.9. The second-order valence-electron chi connectivity index (χ2n) is 7.12. The highest BCUT2D eigenvalue weighted by atomic mass is 127. The molecule has 0 aromatic heterocycles. The van der Waals surface area contributed by atoms with Crippen LogP contribution in [0.25, 0.3) is 0 Å². The predicted octanol–water partition coefficient (Wildman–Crippen LogP) is 4.01. The van der Waals surface area contributed by atoms with Gasteiger partial charge in [0.1, 0.15) is 0 Å². The van der Waals surface area contributed by atoms with E-state index in [9.17, 15) is 8.78 Å². The van der Waals surface area contributed by atoms with E-state index in [1.165, 1.54) is 18.6 Å². The van der Waals surface area contributed by atoms with Gasteiger partial charge < -0.3 is 15.5 Å². The molecule has 0 radical (unpaired) electrons. The van der Waals surface area contributed by atoms with Crippen molar-refractivity contribution in [1.82, 2.24) is 10.6 Å². The Morgan fingerprint density at radius 3 is 2.69 bits per heavy atom. The number of anilines is 1. The fraction of sp³-hybridized carbons (Fsp3) is 0.632. The van der Waals surface area contributed by atoms with Crippen molar-refractivity contribution in [2.45, 2.75) is 33.1 Å². The number of guanidine groups is 1. The molecule has 1 aliphatic heterocycles. The predicted molar refractivity (Wildman–Crippen MR) is 116 cm³/mol. The van der Waals surface area contributed by atoms with Gasteiger partial charge >= 0.3 is 0 Å². The van der Waals surface area contributed by atoms with E-state index >= 15 is 0 Å². The van der Waals surface area contributed by atoms with Crippen LogP contribution in [-0.4, -0.2) is 39.2 Å². The number of nitrogens with zero attached hydrogens (tertiary/aromatic N) is 2. The van der Waals surface area contributed by atoms with Crippen molar-refractivity contribution in [1.29, 1.82) is 0 Å². The zero-order valence-corrected chi connectivity index (χ0v) is 18.2. The molecule has 4 nitrogen and oxygen atoms in total. The van der Waals surface area contributed by atoms with Gasteiger partial charge in [0.15, 0.2) is 17.6 Å². The fourth-order valence-electron chi connectivity index (χ4n) is 3.09. The number of hydrogen-bond acceptors (Lipinski definition) is 2. The molecule has 1 fully saturated rings. The van der Waals surface area contributed by atoms with E-state index in [0.29, 0.717) is 5.92 Å². The van der Waals surface area contributed by atoms with Crippen molar-refractivity contribution in [3.63, 3.8) is 0 Å². The number of rotatable bonds is 7. The third-order valence-corrected chi connectivity index (χ3v) is 4.59. The van der Waals surface area contributed by atoms with Gasteiger partial charge in [-0.15, -0.1) is 24.0 Å². The van der Waals surface area contributed by atoms with Crippen molar-refractivity contribution in [2.24, 2.45) is 16.8 Å². The van der Waals surface area contributed by atoms with E-state index < -0.39 is 11.6 Å². The first-order valence-electron chi connectivity index (χ1n) is 9.14. The van der Waals surface area contributed by atoms with Gasteiger partial charge in [-0.25, -0.2) is 8.78 Å². The van der Waals surface area contributed by atoms with Crippen LogP contribution >= 0.6 is 24.0 Å². The lowest BCUT2D eigenvalue weighted by Gasteiger charge is -2.19. The standard InChI is InChI=1S/C19H30F2N4.HI/c1-14(2)5-4-9-23-19(22-3)24-12-15-8-10-25(13-15)16-6-7-17(20)18(21)11-16;/h6-7,11,14-15H,4-5,8-10,12-13H2,1-3H3,(H2,22,23,24);1H. The van der Waals surface area contributed by atoms with Crippen LogP contribution < -0.4 is 15.5 Å². The molecule has 1 saturated heterocycles. The topological polar surface area (TPSA) is 39.7 Å². The van der Waals surface area contributed by atoms with Gasteiger partial charge in [-0.3, -0.25) is 4.99 Å². The lowest BCUT2D eigenvalue weighted by atomic mass is 10.1. The van der Waals surface area contributed by atoms with Crippen LogP contribution in [0.4, 0.5) is 14.5 Å². The summed E-state index contributed by atoms with van der Waals surface area (Å²) in [5.74, 6) is 0.425. The summed E-state index contributed by atoms with van der Waals surface area (Å²) in [6, 6.07) is 4.11. The van der Waals surface area contributed by atoms with Crippen LogP contribution in [0.5, 0.6) is 0 Å². The molecule has 0 amide bonds. The zero-order chi connectivity index (χ0) is 18.2. The Labute approximate surface area is 172 Å². The highest BCUT2D eigenvalue weighted by Gasteiger charge is 2.23. The quantitative estimate of drug-likeness (QED) is 0.268. The normalized spacial score (nSPS) is 17.4. The molecule has 1 aromatic rings. The summed E-state index contributed by atoms with van der Waals surface area (Å²) in [4.78, 5) is 6.36. The molecule has 26 heavy (non-hydrogen) atoms. The molecule has 0 saturated carbocycles. The molecular weight excluding hydrogens is 449 g/mol. The van der Waals surface area contributed by atoms with Gasteiger partial charge in [-0.1, -0.05) is 13.8 Å². The van der Waals surface area contributed by atoms with Crippen molar-refractivity contribution >= 4 is 35.6 Å². The Balaban J connectivity index is 0.00000338. The van der Waals surface area contributed by atoms with Gasteiger partial charge in [-0.2, -0.15) is 0 Å². The lowest BCUT2D eigenvalue weighted by molar-refractivity contribution is 0.508. The summed E-state index contributed by atoms with van der Waals surface area (Å²) < 4.78 is 26.4. The number of benzene rings is 1. The molecule has 1 aromatic carbocycles. The van der Waals surface area contributed by atoms with E-state index in [-0.39, 0.29) is 24.0 Å². The molecule has 148 valence electrons. The largest absolute Gasteiger partial charge is 0.371 e. The first-order valence-corrected chi connectivity index (χ1v) is 9.14. The smallest absolute Gasteiger partial charge is 0.190 e. The molecular formula is C19H31F2IN4. The van der Waals surface area contributed by atoms with Crippen LogP contribution in [0.1, 0.15) is 33.1 Å². The third kappa shape index (κ3) is 7.25. The van der Waals surface area contributed by atoms with Crippen LogP contribution in [0.15, 0.2) is 23.2 Å². The minimum atomic E-state index is -0.798. The molecule has 2 N–H and O–H groups in total. The van der Waals surface area contributed by atoms with Crippen molar-refractivity contribution in [3.05, 3.63) is 29.8 Å². The minimum Gasteiger partial charge on any atom is -0.371 e. The van der Waals surface area contributed by atoms with Gasteiger partial charge in [0.2, 0.25) is 0 Å². The molecule has 1 atom stereocenters. The second kappa shape index (κ2) is 11.6. The van der Waals surface area contributed by atoms with Gasteiger partial charge in [0.25, 0.3) is 0 Å². The maximum atomic E-state index is 13.4. The molecule has 1 heterocycles. The van der Waals surface area contributed by atoms with Crippen LogP contribution in [0, 0.1) is 23.5 Å². The fourth-order valence-corrected chi connectivity index (χ4v) is 3.09. The Bertz CT molecular complexity index is 581. The molecule has 1 aliphatic rings. The summed E-state index contributed by atoms with van der Waals surface area (Å²) >= 11 is 0. The van der Waals surface area contributed by atoms with E-state index in [2.05, 4.69) is 34.4 Å². The molecule has 0 spiro atoms. The number of hydrogen-bond donors (Lipinski definition) is 2. The lowest BCUT2D eigenvalue weighted by Crippen LogP contribution is -2.40. The summed E-state index contributed by atoms with van der Waals surface area (Å²) in [6.07, 6.45) is 3.36. The second-order valence-corrected chi connectivity index (χ2v) is 7.12. The van der Waals surface area contributed by atoms with Crippen molar-refractivity contribution < 1.29 is 8.78 Å². The van der Waals surface area contributed by atoms with Crippen molar-refractivity contribution in [2.75, 3.05) is 38.1 Å². The average molecular weight is 480 g/mol. The molecule has 0 aliphatic carbocycles. The summed E-state index contributed by atoms with van der Waals surface area (Å²) in [7, 11) is 1.78. The molecule has 0 bridgehead atoms. The van der Waals surface area contributed by atoms with Crippen LogP contribution in [0.2, 0.25) is 0 Å². The summed E-state index contributed by atoms with van der Waals surface area (Å²) in [5.41, 5.74) is 0.748. The van der Waals surface area contributed by atoms with E-state index in [1.807, 2.05) is 0 Å². The maximum Gasteiger partial charge on any atom is 0.190 e. The molecule has 7 heteroatoms. The van der Waals surface area contributed by atoms with Crippen molar-refractivity contribution in [3.8, 4) is 0 Å². The Morgan fingerprint density at radius 2 is 2.04 bits per heavy atom. The summed E-state index contributed by atoms with van der Waals surface area (Å²) in [5, 5.41) is 6.71. The maximum absolute atomic E-state index is 13.4. The Kier molecular flexibility index (Phi) is 10.2. The minimum absolute atomic E-state index is 0. The van der Waals surface area contributed by atoms with E-state index in [0.717, 1.165) is 56.6 Å². The van der Waals surface area contributed by atoms with Gasteiger partial charge in [-0.05, 0) is 43.2 Å². The number of halogens is 3. The van der Waals surface area contributed by atoms with E-state index in [4.69, 9.17) is 0 Å². The average Bonchev–Trinajstić information content (AvgIpc) is 3.05. The summed E-state index contributed by atoms with van der Waals surface area (Å²) in [6.45, 7) is 7.89. The van der Waals surface area contributed by atoms with E-state index in [1.54, 1.807) is 13.1 Å². The SMILES string of the molecule is CN=C(NCCCC(C)C)NCC1CCN(c2ccc(F)c(F)c2)C1.I. The molecule has 1 unspecified atom stereocenters. The first kappa shape index (κ1) is 22.9. The number of aliphatic imine (C=N–C) groups is 1. The third-order valence-electron chi connectivity index (χ3n) is 4.59. The highest BCUT2D eigenvalue weighted by molar-refractivity contribution is 14.0. The first-order chi connectivity index (χ1) is 12.0.